The molecule has 1 aliphatic rings. The van der Waals surface area contributed by atoms with E-state index in [1.807, 2.05) is 0 Å². The lowest BCUT2D eigenvalue weighted by molar-refractivity contribution is -0.121. The van der Waals surface area contributed by atoms with Crippen LogP contribution < -0.4 is 16.0 Å². The average Bonchev–Trinajstić information content (AvgIpc) is 2.61. The Labute approximate surface area is 153 Å². The molecule has 1 amide bonds. The van der Waals surface area contributed by atoms with Gasteiger partial charge in [-0.25, -0.2) is 0 Å². The number of hydrogen-bond donors (Lipinski definition) is 3. The molecule has 1 fully saturated rings. The summed E-state index contributed by atoms with van der Waals surface area (Å²) in [5, 5.41) is 9.62. The molecule has 25 heavy (non-hydrogen) atoms. The summed E-state index contributed by atoms with van der Waals surface area (Å²) in [5.41, 5.74) is 0. The molecule has 7 nitrogen and oxygen atoms in total. The predicted octanol–water partition coefficient (Wildman–Crippen LogP) is 0.959. The summed E-state index contributed by atoms with van der Waals surface area (Å²) >= 11 is 0. The number of aliphatic imine (C=N–C) groups is 1. The number of carbonyl (C=O) groups is 1. The maximum absolute atomic E-state index is 12.0. The zero-order valence-electron chi connectivity index (χ0n) is 16.3. The van der Waals surface area contributed by atoms with E-state index < -0.39 is 0 Å². The van der Waals surface area contributed by atoms with Crippen molar-refractivity contribution in [3.8, 4) is 0 Å². The van der Waals surface area contributed by atoms with Crippen LogP contribution in [-0.2, 0) is 9.53 Å². The van der Waals surface area contributed by atoms with Crippen LogP contribution in [0.25, 0.3) is 0 Å². The second-order valence-corrected chi connectivity index (χ2v) is 6.73. The first kappa shape index (κ1) is 21.7. The third-order valence-corrected chi connectivity index (χ3v) is 4.51. The van der Waals surface area contributed by atoms with Gasteiger partial charge >= 0.3 is 0 Å². The van der Waals surface area contributed by atoms with Crippen molar-refractivity contribution in [2.24, 2.45) is 4.99 Å². The van der Waals surface area contributed by atoms with Crippen LogP contribution in [0.2, 0.25) is 0 Å². The van der Waals surface area contributed by atoms with E-state index in [1.165, 1.54) is 19.3 Å². The Morgan fingerprint density at radius 2 is 1.88 bits per heavy atom. The van der Waals surface area contributed by atoms with Crippen LogP contribution in [0, 0.1) is 0 Å². The summed E-state index contributed by atoms with van der Waals surface area (Å²) in [4.78, 5) is 18.4. The Hall–Kier alpha value is -1.34. The average molecular weight is 356 g/mol. The SMILES string of the molecule is CN=C(NCCC(=O)NC1CCCCC1)NCCN(C)CCCOC. The third kappa shape index (κ3) is 11.0. The molecule has 146 valence electrons. The second-order valence-electron chi connectivity index (χ2n) is 6.73. The number of amides is 1. The Morgan fingerprint density at radius 3 is 2.56 bits per heavy atom. The van der Waals surface area contributed by atoms with E-state index in [1.54, 1.807) is 14.2 Å². The first-order valence-corrected chi connectivity index (χ1v) is 9.57. The standard InChI is InChI=1S/C18H37N5O2/c1-19-18(21-12-14-23(2)13-7-15-25-3)20-11-10-17(24)22-16-8-5-4-6-9-16/h16H,4-15H2,1-3H3,(H,22,24)(H2,19,20,21). The van der Waals surface area contributed by atoms with Crippen LogP contribution >= 0.6 is 0 Å². The Bertz CT molecular complexity index is 384. The van der Waals surface area contributed by atoms with Crippen molar-refractivity contribution in [3.05, 3.63) is 0 Å². The molecule has 0 aromatic heterocycles. The summed E-state index contributed by atoms with van der Waals surface area (Å²) in [6.07, 6.45) is 7.54. The molecule has 0 aromatic rings. The highest BCUT2D eigenvalue weighted by atomic mass is 16.5. The summed E-state index contributed by atoms with van der Waals surface area (Å²) in [6.45, 7) is 4.17. The highest BCUT2D eigenvalue weighted by Crippen LogP contribution is 2.17. The summed E-state index contributed by atoms with van der Waals surface area (Å²) in [6, 6.07) is 0.382. The number of carbonyl (C=O) groups excluding carboxylic acids is 1. The first-order valence-electron chi connectivity index (χ1n) is 9.57. The highest BCUT2D eigenvalue weighted by Gasteiger charge is 2.15. The summed E-state index contributed by atoms with van der Waals surface area (Å²) in [7, 11) is 5.58. The van der Waals surface area contributed by atoms with Gasteiger partial charge in [0.1, 0.15) is 0 Å². The lowest BCUT2D eigenvalue weighted by Gasteiger charge is -2.23. The lowest BCUT2D eigenvalue weighted by Crippen LogP contribution is -2.43. The molecular weight excluding hydrogens is 318 g/mol. The summed E-state index contributed by atoms with van der Waals surface area (Å²) < 4.78 is 5.06. The molecule has 1 aliphatic carbocycles. The minimum atomic E-state index is 0.132. The Kier molecular flexibility index (Phi) is 12.1. The molecule has 0 aromatic carbocycles. The monoisotopic (exact) mass is 355 g/mol. The molecule has 0 radical (unpaired) electrons. The molecule has 1 rings (SSSR count). The molecular formula is C18H37N5O2. The number of methoxy groups -OCH3 is 1. The van der Waals surface area contributed by atoms with Gasteiger partial charge in [0.2, 0.25) is 5.91 Å². The van der Waals surface area contributed by atoms with E-state index in [0.717, 1.165) is 51.5 Å². The van der Waals surface area contributed by atoms with Crippen molar-refractivity contribution in [3.63, 3.8) is 0 Å². The Balaban J connectivity index is 2.07. The number of nitrogens with zero attached hydrogens (tertiary/aromatic N) is 2. The van der Waals surface area contributed by atoms with Gasteiger partial charge < -0.3 is 25.6 Å². The van der Waals surface area contributed by atoms with Crippen molar-refractivity contribution in [1.29, 1.82) is 0 Å². The van der Waals surface area contributed by atoms with E-state index in [9.17, 15) is 4.79 Å². The minimum absolute atomic E-state index is 0.132. The van der Waals surface area contributed by atoms with Gasteiger partial charge in [-0.15, -0.1) is 0 Å². The second kappa shape index (κ2) is 13.9. The minimum Gasteiger partial charge on any atom is -0.385 e. The smallest absolute Gasteiger partial charge is 0.221 e. The Morgan fingerprint density at radius 1 is 1.16 bits per heavy atom. The fourth-order valence-electron chi connectivity index (χ4n) is 3.02. The molecule has 0 atom stereocenters. The van der Waals surface area contributed by atoms with Crippen molar-refractivity contribution < 1.29 is 9.53 Å². The molecule has 0 aliphatic heterocycles. The highest BCUT2D eigenvalue weighted by molar-refractivity contribution is 5.81. The molecule has 0 heterocycles. The van der Waals surface area contributed by atoms with Crippen LogP contribution in [0.4, 0.5) is 0 Å². The van der Waals surface area contributed by atoms with Crippen LogP contribution in [0.3, 0.4) is 0 Å². The van der Waals surface area contributed by atoms with Gasteiger partial charge in [0.25, 0.3) is 0 Å². The van der Waals surface area contributed by atoms with Crippen molar-refractivity contribution >= 4 is 11.9 Å². The van der Waals surface area contributed by atoms with Crippen LogP contribution in [0.1, 0.15) is 44.9 Å². The fraction of sp³-hybridized carbons (Fsp3) is 0.889. The van der Waals surface area contributed by atoms with Gasteiger partial charge in [0, 0.05) is 59.4 Å². The first-order chi connectivity index (χ1) is 12.2. The van der Waals surface area contributed by atoms with Crippen molar-refractivity contribution in [2.75, 3.05) is 54.0 Å². The molecule has 1 saturated carbocycles. The van der Waals surface area contributed by atoms with Crippen molar-refractivity contribution in [2.45, 2.75) is 51.0 Å². The maximum Gasteiger partial charge on any atom is 0.221 e. The molecule has 0 saturated heterocycles. The maximum atomic E-state index is 12.0. The number of guanidine groups is 1. The van der Waals surface area contributed by atoms with Crippen molar-refractivity contribution in [1.82, 2.24) is 20.9 Å². The molecule has 3 N–H and O–H groups in total. The van der Waals surface area contributed by atoms with Gasteiger partial charge in [0.05, 0.1) is 0 Å². The number of rotatable bonds is 11. The molecule has 0 bridgehead atoms. The van der Waals surface area contributed by atoms with E-state index in [0.29, 0.717) is 19.0 Å². The van der Waals surface area contributed by atoms with Gasteiger partial charge in [-0.3, -0.25) is 9.79 Å². The normalized spacial score (nSPS) is 16.1. The quantitative estimate of drug-likeness (QED) is 0.292. The zero-order chi connectivity index (χ0) is 18.3. The molecule has 0 unspecified atom stereocenters. The van der Waals surface area contributed by atoms with Crippen LogP contribution in [-0.4, -0.2) is 76.8 Å². The predicted molar refractivity (Wildman–Crippen MR) is 103 cm³/mol. The largest absolute Gasteiger partial charge is 0.385 e. The van der Waals surface area contributed by atoms with Gasteiger partial charge in [0.15, 0.2) is 5.96 Å². The van der Waals surface area contributed by atoms with Gasteiger partial charge in [-0.2, -0.15) is 0 Å². The summed E-state index contributed by atoms with van der Waals surface area (Å²) in [5.74, 6) is 0.878. The number of hydrogen-bond acceptors (Lipinski definition) is 4. The topological polar surface area (TPSA) is 78.0 Å². The van der Waals surface area contributed by atoms with E-state index >= 15 is 0 Å². The lowest BCUT2D eigenvalue weighted by atomic mass is 9.95. The van der Waals surface area contributed by atoms with Gasteiger partial charge in [-0.1, -0.05) is 19.3 Å². The van der Waals surface area contributed by atoms with E-state index in [-0.39, 0.29) is 5.91 Å². The van der Waals surface area contributed by atoms with Crippen LogP contribution in [0.15, 0.2) is 4.99 Å². The van der Waals surface area contributed by atoms with E-state index in [2.05, 4.69) is 32.9 Å². The number of ether oxygens (including phenoxy) is 1. The fourth-order valence-corrected chi connectivity index (χ4v) is 3.02. The molecule has 0 spiro atoms. The van der Waals surface area contributed by atoms with E-state index in [4.69, 9.17) is 4.74 Å². The third-order valence-electron chi connectivity index (χ3n) is 4.51. The number of nitrogens with one attached hydrogen (secondary N) is 3. The number of likely N-dealkylation sites (N-methyl/N-ethyl adjacent to an activating group) is 1. The van der Waals surface area contributed by atoms with Gasteiger partial charge in [-0.05, 0) is 26.3 Å². The molecule has 7 heteroatoms. The zero-order valence-corrected chi connectivity index (χ0v) is 16.3. The van der Waals surface area contributed by atoms with Crippen LogP contribution in [0.5, 0.6) is 0 Å².